The molecule has 0 aliphatic heterocycles. The number of nitrogens with one attached hydrogen (secondary N) is 1. The topological polar surface area (TPSA) is 37.8 Å². The van der Waals surface area contributed by atoms with Crippen molar-refractivity contribution >= 4 is 61.0 Å². The number of anilines is 2. The average molecular weight is 486 g/mol. The number of benzene rings is 4. The van der Waals surface area contributed by atoms with Gasteiger partial charge in [-0.25, -0.2) is 9.97 Å². The van der Waals surface area contributed by atoms with Gasteiger partial charge in [-0.3, -0.25) is 0 Å². The van der Waals surface area contributed by atoms with Crippen LogP contribution in [0.15, 0.2) is 93.3 Å². The van der Waals surface area contributed by atoms with Gasteiger partial charge in [0.15, 0.2) is 5.82 Å². The van der Waals surface area contributed by atoms with Crippen molar-refractivity contribution in [3.05, 3.63) is 94.5 Å². The molecule has 0 bridgehead atoms. The Hall–Kier alpha value is -2.89. The van der Waals surface area contributed by atoms with E-state index in [0.29, 0.717) is 0 Å². The maximum absolute atomic E-state index is 5.03. The molecule has 0 fully saturated rings. The van der Waals surface area contributed by atoms with Crippen molar-refractivity contribution in [2.75, 3.05) is 5.32 Å². The predicted octanol–water partition coefficient (Wildman–Crippen LogP) is 8.06. The summed E-state index contributed by atoms with van der Waals surface area (Å²) in [7, 11) is 0. The first-order valence-corrected chi connectivity index (χ1v) is 11.6. The Morgan fingerprint density at radius 1 is 0.774 bits per heavy atom. The van der Waals surface area contributed by atoms with Gasteiger partial charge in [-0.15, -0.1) is 0 Å². The van der Waals surface area contributed by atoms with E-state index in [1.165, 1.54) is 21.4 Å². The van der Waals surface area contributed by atoms with Crippen molar-refractivity contribution in [1.82, 2.24) is 9.97 Å². The maximum Gasteiger partial charge on any atom is 0.164 e. The Labute approximate surface area is 194 Å². The summed E-state index contributed by atoms with van der Waals surface area (Å²) in [6.45, 7) is 4.25. The van der Waals surface area contributed by atoms with Crippen molar-refractivity contribution in [1.29, 1.82) is 0 Å². The first-order valence-electron chi connectivity index (χ1n) is 10.0. The van der Waals surface area contributed by atoms with Crippen molar-refractivity contribution in [3.8, 4) is 0 Å². The minimum atomic E-state index is 0.759. The normalized spacial score (nSPS) is 11.2. The molecule has 0 saturated heterocycles. The first-order chi connectivity index (χ1) is 15.0. The zero-order chi connectivity index (χ0) is 21.4. The summed E-state index contributed by atoms with van der Waals surface area (Å²) >= 11 is 5.15. The van der Waals surface area contributed by atoms with Gasteiger partial charge < -0.3 is 5.32 Å². The number of halogens is 1. The molecular weight excluding hydrogens is 466 g/mol. The first kappa shape index (κ1) is 20.0. The third kappa shape index (κ3) is 4.29. The Morgan fingerprint density at radius 2 is 1.45 bits per heavy atom. The molecule has 152 valence electrons. The zero-order valence-electron chi connectivity index (χ0n) is 17.2. The van der Waals surface area contributed by atoms with Crippen LogP contribution in [0.3, 0.4) is 0 Å². The van der Waals surface area contributed by atoms with Crippen LogP contribution in [-0.4, -0.2) is 9.97 Å². The average Bonchev–Trinajstić information content (AvgIpc) is 2.76. The largest absolute Gasteiger partial charge is 0.338 e. The molecular formula is C26H20BrN3S. The molecule has 5 aromatic rings. The molecule has 0 aliphatic rings. The van der Waals surface area contributed by atoms with Gasteiger partial charge in [0.1, 0.15) is 5.03 Å². The second-order valence-corrected chi connectivity index (χ2v) is 9.51. The van der Waals surface area contributed by atoms with Crippen molar-refractivity contribution in [2.24, 2.45) is 0 Å². The van der Waals surface area contributed by atoms with Crippen molar-refractivity contribution in [2.45, 2.75) is 23.8 Å². The molecule has 4 aromatic carbocycles. The van der Waals surface area contributed by atoms with Crippen LogP contribution in [0.1, 0.15) is 11.1 Å². The summed E-state index contributed by atoms with van der Waals surface area (Å²) in [6.07, 6.45) is 0. The fourth-order valence-electron chi connectivity index (χ4n) is 3.57. The van der Waals surface area contributed by atoms with Gasteiger partial charge in [0, 0.05) is 15.1 Å². The fourth-order valence-corrected chi connectivity index (χ4v) is 4.73. The van der Waals surface area contributed by atoms with Gasteiger partial charge in [0.05, 0.1) is 11.0 Å². The van der Waals surface area contributed by atoms with E-state index in [1.54, 1.807) is 11.8 Å². The lowest BCUT2D eigenvalue weighted by Crippen LogP contribution is -1.99. The predicted molar refractivity (Wildman–Crippen MR) is 135 cm³/mol. The number of fused-ring (bicyclic) bond motifs is 2. The smallest absolute Gasteiger partial charge is 0.164 e. The summed E-state index contributed by atoms with van der Waals surface area (Å²) in [5.41, 5.74) is 5.24. The van der Waals surface area contributed by atoms with Gasteiger partial charge in [-0.2, -0.15) is 0 Å². The van der Waals surface area contributed by atoms with Crippen LogP contribution in [0.2, 0.25) is 0 Å². The maximum atomic E-state index is 5.03. The van der Waals surface area contributed by atoms with E-state index in [-0.39, 0.29) is 0 Å². The minimum absolute atomic E-state index is 0.759. The molecule has 0 amide bonds. The molecule has 1 N–H and O–H groups in total. The molecule has 3 nitrogen and oxygen atoms in total. The zero-order valence-corrected chi connectivity index (χ0v) is 19.6. The number of rotatable bonds is 4. The molecule has 0 atom stereocenters. The van der Waals surface area contributed by atoms with Crippen LogP contribution >= 0.6 is 27.7 Å². The van der Waals surface area contributed by atoms with Gasteiger partial charge in [-0.05, 0) is 72.6 Å². The molecule has 0 saturated carbocycles. The van der Waals surface area contributed by atoms with Crippen LogP contribution in [-0.2, 0) is 0 Å². The van der Waals surface area contributed by atoms with Crippen LogP contribution in [0.5, 0.6) is 0 Å². The van der Waals surface area contributed by atoms with Gasteiger partial charge >= 0.3 is 0 Å². The van der Waals surface area contributed by atoms with E-state index >= 15 is 0 Å². The van der Waals surface area contributed by atoms with E-state index in [2.05, 4.69) is 83.6 Å². The summed E-state index contributed by atoms with van der Waals surface area (Å²) in [5.74, 6) is 0.759. The van der Waals surface area contributed by atoms with E-state index < -0.39 is 0 Å². The lowest BCUT2D eigenvalue weighted by Gasteiger charge is -2.13. The second-order valence-electron chi connectivity index (χ2n) is 7.57. The minimum Gasteiger partial charge on any atom is -0.338 e. The van der Waals surface area contributed by atoms with Gasteiger partial charge in [-0.1, -0.05) is 69.7 Å². The Bertz CT molecular complexity index is 1410. The van der Waals surface area contributed by atoms with E-state index in [1.807, 2.05) is 30.3 Å². The fraction of sp³-hybridized carbons (Fsp3) is 0.0769. The highest BCUT2D eigenvalue weighted by Gasteiger charge is 2.13. The highest BCUT2D eigenvalue weighted by atomic mass is 79.9. The van der Waals surface area contributed by atoms with Crippen molar-refractivity contribution < 1.29 is 0 Å². The summed E-state index contributed by atoms with van der Waals surface area (Å²) in [4.78, 5) is 11.2. The number of aromatic nitrogens is 2. The monoisotopic (exact) mass is 485 g/mol. The second kappa shape index (κ2) is 8.33. The van der Waals surface area contributed by atoms with Crippen LogP contribution in [0.25, 0.3) is 21.8 Å². The highest BCUT2D eigenvalue weighted by molar-refractivity contribution is 9.10. The highest BCUT2D eigenvalue weighted by Crippen LogP contribution is 2.36. The molecule has 0 spiro atoms. The van der Waals surface area contributed by atoms with Gasteiger partial charge in [0.25, 0.3) is 0 Å². The molecule has 31 heavy (non-hydrogen) atoms. The summed E-state index contributed by atoms with van der Waals surface area (Å²) in [6, 6.07) is 27.1. The Morgan fingerprint density at radius 3 is 2.13 bits per heavy atom. The molecule has 0 unspecified atom stereocenters. The molecule has 1 heterocycles. The molecule has 5 heteroatoms. The molecule has 5 rings (SSSR count). The summed E-state index contributed by atoms with van der Waals surface area (Å²) < 4.78 is 1.04. The van der Waals surface area contributed by atoms with Crippen LogP contribution in [0.4, 0.5) is 11.5 Å². The van der Waals surface area contributed by atoms with Gasteiger partial charge in [0.2, 0.25) is 0 Å². The Balaban J connectivity index is 1.65. The van der Waals surface area contributed by atoms with Crippen LogP contribution in [0, 0.1) is 13.8 Å². The van der Waals surface area contributed by atoms with E-state index in [0.717, 1.165) is 37.4 Å². The summed E-state index contributed by atoms with van der Waals surface area (Å²) in [5, 5.41) is 6.66. The van der Waals surface area contributed by atoms with Crippen LogP contribution < -0.4 is 5.32 Å². The lowest BCUT2D eigenvalue weighted by atomic mass is 10.1. The molecule has 0 aliphatic carbocycles. The third-order valence-corrected chi connectivity index (χ3v) is 6.83. The number of hydrogen-bond donors (Lipinski definition) is 1. The number of nitrogens with zero attached hydrogens (tertiary/aromatic N) is 2. The number of aryl methyl sites for hydroxylation is 2. The SMILES string of the molecule is Cc1ccc(Sc2nc3cc4ccccc4cc3nc2Nc2ccc(Br)cc2)c(C)c1. The quantitative estimate of drug-likeness (QED) is 0.261. The standard InChI is InChI=1S/C26H20BrN3S/c1-16-7-12-24(17(2)13-16)31-26-25(28-21-10-8-20(27)9-11-21)29-22-14-18-5-3-4-6-19(18)15-23(22)30-26/h3-15H,1-2H3,(H,28,29). The lowest BCUT2D eigenvalue weighted by molar-refractivity contribution is 1.12. The third-order valence-electron chi connectivity index (χ3n) is 5.14. The molecule has 0 radical (unpaired) electrons. The van der Waals surface area contributed by atoms with E-state index in [9.17, 15) is 0 Å². The Kier molecular flexibility index (Phi) is 5.38. The van der Waals surface area contributed by atoms with Crippen molar-refractivity contribution in [3.63, 3.8) is 0 Å². The molecule has 1 aromatic heterocycles. The van der Waals surface area contributed by atoms with E-state index in [4.69, 9.17) is 9.97 Å². The number of hydrogen-bond acceptors (Lipinski definition) is 4.